The normalized spacial score (nSPS) is 17.7. The van der Waals surface area contributed by atoms with Crippen molar-refractivity contribution in [2.45, 2.75) is 57.8 Å². The van der Waals surface area contributed by atoms with Crippen molar-refractivity contribution in [2.24, 2.45) is 11.0 Å². The molecular weight excluding hydrogens is 395 g/mol. The van der Waals surface area contributed by atoms with Gasteiger partial charge in [0.15, 0.2) is 21.4 Å². The minimum atomic E-state index is -3.21. The molecule has 1 heterocycles. The van der Waals surface area contributed by atoms with E-state index < -0.39 is 15.7 Å². The molecule has 6 nitrogen and oxygen atoms in total. The van der Waals surface area contributed by atoms with Crippen molar-refractivity contribution in [3.05, 3.63) is 29.6 Å². The zero-order chi connectivity index (χ0) is 20.9. The number of hydrogen-bond donors (Lipinski definition) is 1. The van der Waals surface area contributed by atoms with Crippen LogP contribution >= 0.6 is 0 Å². The standard InChI is InChI=1S/C21H29FN2O4S/c1-15(17-8-9-19(22)20(11-17)28-13-16-6-7-16)14-29(26,27)10-4-2-3-5-18-12-21(25)24-23-18/h8-9,11,15-16H,2-7,10,12-14H2,1H3,(H,24,25)/t15-/m0/s1. The molecule has 0 radical (unpaired) electrons. The first-order valence-electron chi connectivity index (χ1n) is 10.3. The summed E-state index contributed by atoms with van der Waals surface area (Å²) in [7, 11) is -3.21. The Bertz CT molecular complexity index is 865. The van der Waals surface area contributed by atoms with Gasteiger partial charge in [0, 0.05) is 5.71 Å². The van der Waals surface area contributed by atoms with Crippen molar-refractivity contribution < 1.29 is 22.3 Å². The number of nitrogens with zero attached hydrogens (tertiary/aromatic N) is 1. The SMILES string of the molecule is C[C@@H](CS(=O)(=O)CCCCCC1=NNC(=O)C1)c1ccc(F)c(OCC2CC2)c1. The summed E-state index contributed by atoms with van der Waals surface area (Å²) in [6.45, 7) is 2.36. The Morgan fingerprint density at radius 1 is 1.28 bits per heavy atom. The summed E-state index contributed by atoms with van der Waals surface area (Å²) < 4.78 is 44.4. The minimum absolute atomic E-state index is 0.0336. The average molecular weight is 425 g/mol. The summed E-state index contributed by atoms with van der Waals surface area (Å²) in [4.78, 5) is 11.1. The van der Waals surface area contributed by atoms with Crippen molar-refractivity contribution in [2.75, 3.05) is 18.1 Å². The van der Waals surface area contributed by atoms with E-state index in [4.69, 9.17) is 4.74 Å². The van der Waals surface area contributed by atoms with Gasteiger partial charge in [-0.15, -0.1) is 0 Å². The number of carbonyl (C=O) groups is 1. The first-order valence-corrected chi connectivity index (χ1v) is 12.1. The third kappa shape index (κ3) is 7.10. The number of unbranched alkanes of at least 4 members (excludes halogenated alkanes) is 2. The zero-order valence-electron chi connectivity index (χ0n) is 16.8. The number of nitrogens with one attached hydrogen (secondary N) is 1. The molecule has 0 spiro atoms. The summed E-state index contributed by atoms with van der Waals surface area (Å²) in [5, 5.41) is 3.94. The molecule has 0 bridgehead atoms. The second-order valence-electron chi connectivity index (χ2n) is 8.16. The van der Waals surface area contributed by atoms with Gasteiger partial charge in [-0.3, -0.25) is 4.79 Å². The maximum atomic E-state index is 13.9. The van der Waals surface area contributed by atoms with Gasteiger partial charge in [0.1, 0.15) is 0 Å². The number of benzene rings is 1. The zero-order valence-corrected chi connectivity index (χ0v) is 17.6. The smallest absolute Gasteiger partial charge is 0.245 e. The van der Waals surface area contributed by atoms with E-state index in [-0.39, 0.29) is 29.1 Å². The fourth-order valence-electron chi connectivity index (χ4n) is 3.37. The Balaban J connectivity index is 1.42. The number of hydrazone groups is 1. The Morgan fingerprint density at radius 3 is 2.76 bits per heavy atom. The highest BCUT2D eigenvalue weighted by Crippen LogP contribution is 2.31. The Labute approximate surface area is 171 Å². The largest absolute Gasteiger partial charge is 0.490 e. The maximum Gasteiger partial charge on any atom is 0.245 e. The summed E-state index contributed by atoms with van der Waals surface area (Å²) in [5.41, 5.74) is 4.03. The molecule has 1 aliphatic carbocycles. The van der Waals surface area contributed by atoms with E-state index in [1.165, 1.54) is 6.07 Å². The lowest BCUT2D eigenvalue weighted by molar-refractivity contribution is -0.119. The highest BCUT2D eigenvalue weighted by atomic mass is 32.2. The van der Waals surface area contributed by atoms with Crippen LogP contribution in [0.4, 0.5) is 4.39 Å². The van der Waals surface area contributed by atoms with Crippen LogP contribution in [0, 0.1) is 11.7 Å². The highest BCUT2D eigenvalue weighted by molar-refractivity contribution is 7.91. The lowest BCUT2D eigenvalue weighted by Gasteiger charge is -2.15. The predicted octanol–water partition coefficient (Wildman–Crippen LogP) is 3.57. The average Bonchev–Trinajstić information content (AvgIpc) is 3.40. The van der Waals surface area contributed by atoms with Gasteiger partial charge in [0.05, 0.1) is 24.5 Å². The summed E-state index contributed by atoms with van der Waals surface area (Å²) in [6.07, 6.45) is 5.49. The first-order chi connectivity index (χ1) is 13.8. The number of sulfone groups is 1. The third-order valence-corrected chi connectivity index (χ3v) is 7.24. The highest BCUT2D eigenvalue weighted by Gasteiger charge is 2.23. The molecule has 0 unspecified atom stereocenters. The van der Waals surface area contributed by atoms with Crippen LogP contribution in [0.15, 0.2) is 23.3 Å². The van der Waals surface area contributed by atoms with Crippen LogP contribution in [0.1, 0.15) is 63.4 Å². The Kier molecular flexibility index (Phi) is 7.27. The summed E-state index contributed by atoms with van der Waals surface area (Å²) in [6, 6.07) is 4.62. The van der Waals surface area contributed by atoms with Crippen molar-refractivity contribution in [3.63, 3.8) is 0 Å². The second-order valence-corrected chi connectivity index (χ2v) is 10.4. The Morgan fingerprint density at radius 2 is 2.07 bits per heavy atom. The molecule has 1 saturated carbocycles. The lowest BCUT2D eigenvalue weighted by Crippen LogP contribution is -2.16. The molecular formula is C21H29FN2O4S. The quantitative estimate of drug-likeness (QED) is 0.520. The van der Waals surface area contributed by atoms with E-state index in [0.717, 1.165) is 37.0 Å². The van der Waals surface area contributed by atoms with Crippen LogP contribution in [-0.2, 0) is 14.6 Å². The molecule has 1 N–H and O–H groups in total. The molecule has 1 aromatic carbocycles. The molecule has 1 aromatic rings. The van der Waals surface area contributed by atoms with Gasteiger partial charge in [0.25, 0.3) is 0 Å². The minimum Gasteiger partial charge on any atom is -0.490 e. The molecule has 8 heteroatoms. The number of carbonyl (C=O) groups excluding carboxylic acids is 1. The van der Waals surface area contributed by atoms with E-state index >= 15 is 0 Å². The lowest BCUT2D eigenvalue weighted by atomic mass is 10.0. The number of halogens is 1. The number of rotatable bonds is 12. The van der Waals surface area contributed by atoms with Crippen molar-refractivity contribution in [1.29, 1.82) is 0 Å². The van der Waals surface area contributed by atoms with Gasteiger partial charge in [-0.05, 0) is 61.6 Å². The fraction of sp³-hybridized carbons (Fsp3) is 0.619. The van der Waals surface area contributed by atoms with E-state index in [2.05, 4.69) is 10.5 Å². The predicted molar refractivity (Wildman–Crippen MR) is 110 cm³/mol. The van der Waals surface area contributed by atoms with E-state index in [0.29, 0.717) is 31.8 Å². The monoisotopic (exact) mass is 424 g/mol. The van der Waals surface area contributed by atoms with Crippen LogP contribution in [0.3, 0.4) is 0 Å². The molecule has 1 amide bonds. The van der Waals surface area contributed by atoms with E-state index in [1.807, 2.05) is 6.92 Å². The molecule has 0 saturated heterocycles. The van der Waals surface area contributed by atoms with Gasteiger partial charge in [-0.25, -0.2) is 18.2 Å². The molecule has 160 valence electrons. The molecule has 29 heavy (non-hydrogen) atoms. The number of ether oxygens (including phenoxy) is 1. The van der Waals surface area contributed by atoms with Crippen molar-refractivity contribution >= 4 is 21.5 Å². The molecule has 3 rings (SSSR count). The van der Waals surface area contributed by atoms with Crippen LogP contribution < -0.4 is 10.2 Å². The summed E-state index contributed by atoms with van der Waals surface area (Å²) >= 11 is 0. The number of hydrogen-bond acceptors (Lipinski definition) is 5. The van der Waals surface area contributed by atoms with Gasteiger partial charge in [-0.2, -0.15) is 5.10 Å². The first kappa shape index (κ1) is 21.7. The molecule has 1 fully saturated rings. The topological polar surface area (TPSA) is 84.8 Å². The fourth-order valence-corrected chi connectivity index (χ4v) is 5.13. The molecule has 1 atom stereocenters. The second kappa shape index (κ2) is 9.69. The molecule has 1 aliphatic heterocycles. The van der Waals surface area contributed by atoms with Gasteiger partial charge in [-0.1, -0.05) is 19.4 Å². The third-order valence-electron chi connectivity index (χ3n) is 5.32. The van der Waals surface area contributed by atoms with Gasteiger partial charge < -0.3 is 4.74 Å². The number of amides is 1. The van der Waals surface area contributed by atoms with E-state index in [9.17, 15) is 17.6 Å². The van der Waals surface area contributed by atoms with Gasteiger partial charge >= 0.3 is 0 Å². The van der Waals surface area contributed by atoms with E-state index in [1.54, 1.807) is 12.1 Å². The summed E-state index contributed by atoms with van der Waals surface area (Å²) in [5.74, 6) is 0.175. The molecule has 0 aromatic heterocycles. The maximum absolute atomic E-state index is 13.9. The van der Waals surface area contributed by atoms with Crippen LogP contribution in [0.25, 0.3) is 0 Å². The van der Waals surface area contributed by atoms with Crippen molar-refractivity contribution in [1.82, 2.24) is 5.43 Å². The van der Waals surface area contributed by atoms with Crippen LogP contribution in [-0.4, -0.2) is 38.1 Å². The Hall–Kier alpha value is -1.96. The van der Waals surface area contributed by atoms with Crippen LogP contribution in [0.2, 0.25) is 0 Å². The van der Waals surface area contributed by atoms with Crippen LogP contribution in [0.5, 0.6) is 5.75 Å². The molecule has 2 aliphatic rings. The van der Waals surface area contributed by atoms with Gasteiger partial charge in [0.2, 0.25) is 5.91 Å². The van der Waals surface area contributed by atoms with Crippen molar-refractivity contribution in [3.8, 4) is 5.75 Å².